The van der Waals surface area contributed by atoms with Crippen molar-refractivity contribution < 1.29 is 32.2 Å². The Morgan fingerprint density at radius 2 is 1.79 bits per heavy atom. The second-order valence-electron chi connectivity index (χ2n) is 9.99. The van der Waals surface area contributed by atoms with Crippen LogP contribution in [0.5, 0.6) is 5.75 Å². The van der Waals surface area contributed by atoms with Crippen LogP contribution in [0.15, 0.2) is 12.3 Å². The van der Waals surface area contributed by atoms with Crippen molar-refractivity contribution in [1.82, 2.24) is 19.7 Å². The maximum Gasteiger partial charge on any atom is 0.419 e. The first-order chi connectivity index (χ1) is 15.9. The average molecular weight is 481 g/mol. The second-order valence-corrected chi connectivity index (χ2v) is 9.99. The number of alkyl halides is 3. The number of aryl methyl sites for hydroxylation is 1. The summed E-state index contributed by atoms with van der Waals surface area (Å²) >= 11 is 0. The lowest BCUT2D eigenvalue weighted by Gasteiger charge is -2.43. The van der Waals surface area contributed by atoms with Crippen molar-refractivity contribution in [1.29, 1.82) is 0 Å². The summed E-state index contributed by atoms with van der Waals surface area (Å²) in [6, 6.07) is 0.283. The molecule has 2 unspecified atom stereocenters. The van der Waals surface area contributed by atoms with Gasteiger partial charge in [-0.15, -0.1) is 0 Å². The zero-order chi connectivity index (χ0) is 24.2. The standard InChI is InChI=1S/C22H20F5N5O2/c1-32-18-12(16(31-32)11-2-13(22(25,26)27)15(24)17(33)14(11)23)7-28-19(29-18)30-20-3-9-5-21(34,8-20)6-10(9)4-20/h2,7,9-10,33-34H,3-6,8H2,1H3,(H,28,29,30). The molecule has 7 nitrogen and oxygen atoms in total. The Bertz CT molecular complexity index is 1340. The van der Waals surface area contributed by atoms with Gasteiger partial charge in [0.15, 0.2) is 23.0 Å². The van der Waals surface area contributed by atoms with E-state index in [-0.39, 0.29) is 34.3 Å². The minimum Gasteiger partial charge on any atom is -0.503 e. The number of benzene rings is 1. The van der Waals surface area contributed by atoms with Crippen LogP contribution in [-0.2, 0) is 13.2 Å². The molecule has 2 atom stereocenters. The van der Waals surface area contributed by atoms with Crippen molar-refractivity contribution in [3.8, 4) is 17.0 Å². The fourth-order valence-corrected chi connectivity index (χ4v) is 6.56. The zero-order valence-electron chi connectivity index (χ0n) is 17.9. The predicted octanol–water partition coefficient (Wildman–Crippen LogP) is 4.14. The second kappa shape index (κ2) is 6.55. The van der Waals surface area contributed by atoms with E-state index in [2.05, 4.69) is 20.4 Å². The van der Waals surface area contributed by atoms with Gasteiger partial charge in [0, 0.05) is 24.3 Å². The van der Waals surface area contributed by atoms with E-state index in [1.807, 2.05) is 0 Å². The number of hydrogen-bond donors (Lipinski definition) is 3. The third-order valence-corrected chi connectivity index (χ3v) is 7.62. The molecule has 3 aromatic rings. The SMILES string of the molecule is Cn1nc(-c2cc(C(F)(F)F)c(F)c(O)c2F)c2cnc(NC34CC5CC(O)(CC5C3)C4)nc21. The van der Waals surface area contributed by atoms with E-state index in [1.165, 1.54) is 17.9 Å². The fraction of sp³-hybridized carbons (Fsp3) is 0.500. The Hall–Kier alpha value is -3.02. The number of anilines is 1. The molecule has 1 aromatic carbocycles. The average Bonchev–Trinajstić information content (AvgIpc) is 3.27. The fourth-order valence-electron chi connectivity index (χ4n) is 6.56. The van der Waals surface area contributed by atoms with Gasteiger partial charge in [-0.25, -0.2) is 18.4 Å². The van der Waals surface area contributed by atoms with Gasteiger partial charge in [-0.3, -0.25) is 0 Å². The number of nitrogens with zero attached hydrogens (tertiary/aromatic N) is 4. The van der Waals surface area contributed by atoms with Crippen molar-refractivity contribution in [3.63, 3.8) is 0 Å². The summed E-state index contributed by atoms with van der Waals surface area (Å²) in [4.78, 5) is 8.72. The Morgan fingerprint density at radius 3 is 2.41 bits per heavy atom. The molecule has 4 aliphatic carbocycles. The van der Waals surface area contributed by atoms with Crippen LogP contribution < -0.4 is 5.32 Å². The third-order valence-electron chi connectivity index (χ3n) is 7.62. The Labute approximate surface area is 189 Å². The first kappa shape index (κ1) is 21.5. The van der Waals surface area contributed by atoms with Crippen LogP contribution in [0, 0.1) is 23.5 Å². The molecule has 4 bridgehead atoms. The maximum absolute atomic E-state index is 14.6. The molecule has 4 aliphatic rings. The van der Waals surface area contributed by atoms with E-state index < -0.39 is 40.3 Å². The summed E-state index contributed by atoms with van der Waals surface area (Å²) in [5.74, 6) is -4.20. The zero-order valence-corrected chi connectivity index (χ0v) is 17.9. The van der Waals surface area contributed by atoms with Crippen molar-refractivity contribution >= 4 is 17.0 Å². The number of aromatic nitrogens is 4. The summed E-state index contributed by atoms with van der Waals surface area (Å²) in [6.07, 6.45) is 0.166. The van der Waals surface area contributed by atoms with Gasteiger partial charge in [0.05, 0.1) is 16.6 Å². The maximum atomic E-state index is 14.6. The highest BCUT2D eigenvalue weighted by Crippen LogP contribution is 2.62. The number of aliphatic hydroxyl groups is 1. The molecule has 34 heavy (non-hydrogen) atoms. The predicted molar refractivity (Wildman–Crippen MR) is 110 cm³/mol. The number of rotatable bonds is 3. The largest absolute Gasteiger partial charge is 0.503 e. The highest BCUT2D eigenvalue weighted by atomic mass is 19.4. The summed E-state index contributed by atoms with van der Waals surface area (Å²) in [5.41, 5.74) is -3.56. The minimum atomic E-state index is -5.15. The molecule has 4 saturated carbocycles. The van der Waals surface area contributed by atoms with Gasteiger partial charge in [-0.1, -0.05) is 0 Å². The van der Waals surface area contributed by atoms with Gasteiger partial charge >= 0.3 is 6.18 Å². The van der Waals surface area contributed by atoms with Crippen LogP contribution in [0.2, 0.25) is 0 Å². The smallest absolute Gasteiger partial charge is 0.419 e. The first-order valence-electron chi connectivity index (χ1n) is 10.9. The van der Waals surface area contributed by atoms with Gasteiger partial charge in [0.1, 0.15) is 5.69 Å². The molecule has 2 aromatic heterocycles. The molecule has 0 aliphatic heterocycles. The van der Waals surface area contributed by atoms with Crippen molar-refractivity contribution in [2.45, 2.75) is 49.4 Å². The molecule has 0 radical (unpaired) electrons. The summed E-state index contributed by atoms with van der Waals surface area (Å²) in [5, 5.41) is 28.0. The number of nitrogens with one attached hydrogen (secondary N) is 1. The molecule has 7 rings (SSSR count). The Kier molecular flexibility index (Phi) is 4.15. The molecule has 4 fully saturated rings. The Balaban J connectivity index is 1.40. The van der Waals surface area contributed by atoms with E-state index in [0.717, 1.165) is 25.7 Å². The van der Waals surface area contributed by atoms with Crippen LogP contribution in [0.4, 0.5) is 27.9 Å². The third kappa shape index (κ3) is 3.00. The van der Waals surface area contributed by atoms with E-state index in [4.69, 9.17) is 0 Å². The molecule has 180 valence electrons. The number of halogens is 5. The lowest BCUT2D eigenvalue weighted by Crippen LogP contribution is -2.49. The van der Waals surface area contributed by atoms with Gasteiger partial charge < -0.3 is 15.5 Å². The molecular formula is C22H20F5N5O2. The van der Waals surface area contributed by atoms with Crippen LogP contribution >= 0.6 is 0 Å². The summed E-state index contributed by atoms with van der Waals surface area (Å²) < 4.78 is 69.5. The topological polar surface area (TPSA) is 96.1 Å². The highest BCUT2D eigenvalue weighted by Gasteiger charge is 2.62. The molecule has 2 heterocycles. The van der Waals surface area contributed by atoms with E-state index >= 15 is 0 Å². The number of hydrogen-bond acceptors (Lipinski definition) is 6. The van der Waals surface area contributed by atoms with E-state index in [1.54, 1.807) is 0 Å². The lowest BCUT2D eigenvalue weighted by atomic mass is 9.73. The summed E-state index contributed by atoms with van der Waals surface area (Å²) in [6.45, 7) is 0. The van der Waals surface area contributed by atoms with Crippen molar-refractivity contribution in [2.24, 2.45) is 18.9 Å². The quantitative estimate of drug-likeness (QED) is 0.487. The van der Waals surface area contributed by atoms with Crippen LogP contribution in [0.1, 0.15) is 37.7 Å². The molecule has 12 heteroatoms. The first-order valence-corrected chi connectivity index (χ1v) is 10.9. The van der Waals surface area contributed by atoms with Crippen LogP contribution in [0.3, 0.4) is 0 Å². The lowest BCUT2D eigenvalue weighted by molar-refractivity contribution is -0.140. The molecule has 3 N–H and O–H groups in total. The van der Waals surface area contributed by atoms with Gasteiger partial charge in [0.25, 0.3) is 0 Å². The van der Waals surface area contributed by atoms with Gasteiger partial charge in [0.2, 0.25) is 5.95 Å². The number of phenols is 1. The van der Waals surface area contributed by atoms with Crippen molar-refractivity contribution in [2.75, 3.05) is 5.32 Å². The van der Waals surface area contributed by atoms with Crippen LogP contribution in [0.25, 0.3) is 22.3 Å². The van der Waals surface area contributed by atoms with Crippen LogP contribution in [-0.4, -0.2) is 41.1 Å². The molecular weight excluding hydrogens is 461 g/mol. The van der Waals surface area contributed by atoms with Crippen molar-refractivity contribution in [3.05, 3.63) is 29.5 Å². The number of fused-ring (bicyclic) bond motifs is 1. The molecule has 0 spiro atoms. The normalized spacial score (nSPS) is 30.0. The number of aromatic hydroxyl groups is 1. The van der Waals surface area contributed by atoms with Gasteiger partial charge in [-0.2, -0.15) is 23.3 Å². The highest BCUT2D eigenvalue weighted by molar-refractivity contribution is 5.91. The van der Waals surface area contributed by atoms with Gasteiger partial charge in [-0.05, 0) is 50.0 Å². The molecule has 0 saturated heterocycles. The number of phenolic OH excluding ortho intramolecular Hbond substituents is 1. The molecule has 0 amide bonds. The monoisotopic (exact) mass is 481 g/mol. The van der Waals surface area contributed by atoms with E-state index in [9.17, 15) is 32.2 Å². The summed E-state index contributed by atoms with van der Waals surface area (Å²) in [7, 11) is 1.48. The minimum absolute atomic E-state index is 0.137. The van der Waals surface area contributed by atoms with E-state index in [0.29, 0.717) is 18.3 Å². The Morgan fingerprint density at radius 1 is 1.12 bits per heavy atom.